The number of benzene rings is 1. The Hall–Kier alpha value is -2.81. The SMILES string of the molecule is CC(=O)N(c1ccc(O)cc1O)[C@@H](CCC(N)=O)C(=O)N1CCN(C)CC1. The molecule has 4 N–H and O–H groups in total. The number of carbonyl (C=O) groups excluding carboxylic acids is 3. The number of phenolic OH excluding ortho intramolecular Hbond substituents is 2. The number of aromatic hydroxyl groups is 2. The van der Waals surface area contributed by atoms with E-state index < -0.39 is 17.9 Å². The minimum atomic E-state index is -0.978. The summed E-state index contributed by atoms with van der Waals surface area (Å²) in [5, 5.41) is 19.7. The topological polar surface area (TPSA) is 127 Å². The summed E-state index contributed by atoms with van der Waals surface area (Å²) in [5.74, 6) is -1.84. The van der Waals surface area contributed by atoms with Gasteiger partial charge in [0, 0.05) is 45.6 Å². The van der Waals surface area contributed by atoms with E-state index in [0.717, 1.165) is 6.07 Å². The zero-order valence-electron chi connectivity index (χ0n) is 15.6. The second-order valence-electron chi connectivity index (χ2n) is 6.71. The van der Waals surface area contributed by atoms with E-state index in [9.17, 15) is 24.6 Å². The van der Waals surface area contributed by atoms with Gasteiger partial charge in [-0.1, -0.05) is 0 Å². The molecule has 148 valence electrons. The Labute approximate surface area is 157 Å². The highest BCUT2D eigenvalue weighted by Gasteiger charge is 2.35. The minimum absolute atomic E-state index is 0.0421. The van der Waals surface area contributed by atoms with Crippen LogP contribution in [0.5, 0.6) is 11.5 Å². The number of nitrogens with two attached hydrogens (primary N) is 1. The number of rotatable bonds is 6. The maximum Gasteiger partial charge on any atom is 0.245 e. The van der Waals surface area contributed by atoms with Crippen molar-refractivity contribution >= 4 is 23.4 Å². The van der Waals surface area contributed by atoms with Crippen LogP contribution in [-0.4, -0.2) is 77.0 Å². The van der Waals surface area contributed by atoms with E-state index in [0.29, 0.717) is 26.2 Å². The number of hydrogen-bond donors (Lipinski definition) is 3. The standard InChI is InChI=1S/C18H26N4O5/c1-12(23)22(14-4-3-13(24)11-16(14)25)15(5-6-17(19)26)18(27)21-9-7-20(2)8-10-21/h3-4,11,15,24-25H,5-10H2,1-2H3,(H2,19,26)/t15-/m0/s1. The maximum absolute atomic E-state index is 13.1. The first kappa shape index (κ1) is 20.5. The third-order valence-corrected chi connectivity index (χ3v) is 4.63. The Balaban J connectivity index is 2.37. The highest BCUT2D eigenvalue weighted by atomic mass is 16.3. The lowest BCUT2D eigenvalue weighted by atomic mass is 10.0. The van der Waals surface area contributed by atoms with Crippen molar-refractivity contribution in [1.29, 1.82) is 0 Å². The van der Waals surface area contributed by atoms with E-state index in [1.165, 1.54) is 24.0 Å². The van der Waals surface area contributed by atoms with Crippen molar-refractivity contribution in [3.8, 4) is 11.5 Å². The first-order valence-electron chi connectivity index (χ1n) is 8.78. The van der Waals surface area contributed by atoms with Crippen molar-refractivity contribution in [2.24, 2.45) is 5.73 Å². The number of primary amides is 1. The van der Waals surface area contributed by atoms with Crippen LogP contribution in [-0.2, 0) is 14.4 Å². The fourth-order valence-electron chi connectivity index (χ4n) is 3.15. The number of phenols is 2. The number of hydrogen-bond acceptors (Lipinski definition) is 6. The van der Waals surface area contributed by atoms with Crippen LogP contribution in [0, 0.1) is 0 Å². The molecule has 3 amide bonds. The smallest absolute Gasteiger partial charge is 0.245 e. The Morgan fingerprint density at radius 2 is 1.81 bits per heavy atom. The van der Waals surface area contributed by atoms with E-state index in [2.05, 4.69) is 4.90 Å². The largest absolute Gasteiger partial charge is 0.508 e. The van der Waals surface area contributed by atoms with Crippen molar-refractivity contribution in [1.82, 2.24) is 9.80 Å². The van der Waals surface area contributed by atoms with Crippen LogP contribution in [0.1, 0.15) is 19.8 Å². The van der Waals surface area contributed by atoms with Crippen LogP contribution < -0.4 is 10.6 Å². The van der Waals surface area contributed by atoms with Crippen molar-refractivity contribution in [2.45, 2.75) is 25.8 Å². The lowest BCUT2D eigenvalue weighted by Gasteiger charge is -2.38. The van der Waals surface area contributed by atoms with E-state index in [4.69, 9.17) is 5.73 Å². The number of piperazine rings is 1. The van der Waals surface area contributed by atoms with Crippen LogP contribution in [0.15, 0.2) is 18.2 Å². The fraction of sp³-hybridized carbons (Fsp3) is 0.500. The van der Waals surface area contributed by atoms with Crippen molar-refractivity contribution in [3.63, 3.8) is 0 Å². The zero-order chi connectivity index (χ0) is 20.1. The second-order valence-corrected chi connectivity index (χ2v) is 6.71. The molecular weight excluding hydrogens is 352 g/mol. The van der Waals surface area contributed by atoms with Crippen LogP contribution >= 0.6 is 0 Å². The van der Waals surface area contributed by atoms with Gasteiger partial charge in [0.25, 0.3) is 0 Å². The second kappa shape index (κ2) is 8.72. The van der Waals surface area contributed by atoms with Crippen molar-refractivity contribution < 1.29 is 24.6 Å². The van der Waals surface area contributed by atoms with E-state index in [-0.39, 0.29) is 35.9 Å². The van der Waals surface area contributed by atoms with Gasteiger partial charge in [0.15, 0.2) is 0 Å². The average Bonchev–Trinajstić information content (AvgIpc) is 2.59. The third kappa shape index (κ3) is 5.10. The lowest BCUT2D eigenvalue weighted by molar-refractivity contribution is -0.136. The number of nitrogens with zero attached hydrogens (tertiary/aromatic N) is 3. The molecule has 0 bridgehead atoms. The van der Waals surface area contributed by atoms with Crippen molar-refractivity contribution in [3.05, 3.63) is 18.2 Å². The molecular formula is C18H26N4O5. The Morgan fingerprint density at radius 1 is 1.19 bits per heavy atom. The Kier molecular flexibility index (Phi) is 6.62. The van der Waals surface area contributed by atoms with Crippen LogP contribution in [0.4, 0.5) is 5.69 Å². The molecule has 0 aromatic heterocycles. The molecule has 0 aliphatic carbocycles. The summed E-state index contributed by atoms with van der Waals surface area (Å²) in [7, 11) is 1.96. The van der Waals surface area contributed by atoms with Gasteiger partial charge < -0.3 is 25.7 Å². The highest BCUT2D eigenvalue weighted by Crippen LogP contribution is 2.33. The number of amides is 3. The lowest BCUT2D eigenvalue weighted by Crippen LogP contribution is -2.55. The summed E-state index contributed by atoms with van der Waals surface area (Å²) in [5.41, 5.74) is 5.34. The molecule has 1 aromatic carbocycles. The summed E-state index contributed by atoms with van der Waals surface area (Å²) in [6, 6.07) is 2.79. The van der Waals surface area contributed by atoms with E-state index >= 15 is 0 Å². The molecule has 1 saturated heterocycles. The minimum Gasteiger partial charge on any atom is -0.508 e. The molecule has 1 fully saturated rings. The quantitative estimate of drug-likeness (QED) is 0.632. The van der Waals surface area contributed by atoms with Gasteiger partial charge in [0.2, 0.25) is 17.7 Å². The Bertz CT molecular complexity index is 716. The summed E-state index contributed by atoms with van der Waals surface area (Å²) in [6.45, 7) is 3.71. The Morgan fingerprint density at radius 3 is 2.33 bits per heavy atom. The molecule has 0 saturated carbocycles. The van der Waals surface area contributed by atoms with Gasteiger partial charge in [0.05, 0.1) is 5.69 Å². The normalized spacial score (nSPS) is 16.0. The van der Waals surface area contributed by atoms with Gasteiger partial charge in [-0.15, -0.1) is 0 Å². The molecule has 27 heavy (non-hydrogen) atoms. The third-order valence-electron chi connectivity index (χ3n) is 4.63. The highest BCUT2D eigenvalue weighted by molar-refractivity contribution is 6.01. The number of carbonyl (C=O) groups is 3. The molecule has 9 nitrogen and oxygen atoms in total. The number of anilines is 1. The summed E-state index contributed by atoms with van der Waals surface area (Å²) in [6.07, 6.45) is -0.0345. The zero-order valence-corrected chi connectivity index (χ0v) is 15.6. The molecule has 1 aromatic rings. The van der Waals surface area contributed by atoms with E-state index in [1.807, 2.05) is 7.05 Å². The van der Waals surface area contributed by atoms with Gasteiger partial charge in [-0.05, 0) is 25.6 Å². The van der Waals surface area contributed by atoms with Crippen molar-refractivity contribution in [2.75, 3.05) is 38.1 Å². The molecule has 1 heterocycles. The molecule has 1 aliphatic rings. The van der Waals surface area contributed by atoms with Gasteiger partial charge in [0.1, 0.15) is 17.5 Å². The predicted octanol–water partition coefficient (Wildman–Crippen LogP) is -0.141. The monoisotopic (exact) mass is 378 g/mol. The summed E-state index contributed by atoms with van der Waals surface area (Å²) >= 11 is 0. The maximum atomic E-state index is 13.1. The molecule has 9 heteroatoms. The molecule has 0 unspecified atom stereocenters. The summed E-state index contributed by atoms with van der Waals surface area (Å²) in [4.78, 5) is 41.7. The number of likely N-dealkylation sites (N-methyl/N-ethyl adjacent to an activating group) is 1. The van der Waals surface area contributed by atoms with Gasteiger partial charge >= 0.3 is 0 Å². The van der Waals surface area contributed by atoms with Gasteiger partial charge in [-0.3, -0.25) is 19.3 Å². The molecule has 2 rings (SSSR count). The predicted molar refractivity (Wildman–Crippen MR) is 99.2 cm³/mol. The van der Waals surface area contributed by atoms with Gasteiger partial charge in [-0.25, -0.2) is 0 Å². The molecule has 0 spiro atoms. The fourth-order valence-corrected chi connectivity index (χ4v) is 3.15. The first-order chi connectivity index (χ1) is 12.7. The molecule has 1 aliphatic heterocycles. The average molecular weight is 378 g/mol. The van der Waals surface area contributed by atoms with Crippen LogP contribution in [0.2, 0.25) is 0 Å². The summed E-state index contributed by atoms with van der Waals surface area (Å²) < 4.78 is 0. The van der Waals surface area contributed by atoms with Crippen LogP contribution in [0.25, 0.3) is 0 Å². The van der Waals surface area contributed by atoms with E-state index in [1.54, 1.807) is 4.90 Å². The van der Waals surface area contributed by atoms with Crippen LogP contribution in [0.3, 0.4) is 0 Å². The molecule has 0 radical (unpaired) electrons. The first-order valence-corrected chi connectivity index (χ1v) is 8.78. The molecule has 1 atom stereocenters. The van der Waals surface area contributed by atoms with Gasteiger partial charge in [-0.2, -0.15) is 0 Å².